The lowest BCUT2D eigenvalue weighted by Gasteiger charge is -2.11. The molecule has 0 fully saturated rings. The quantitative estimate of drug-likeness (QED) is 0.472. The van der Waals surface area contributed by atoms with Crippen molar-refractivity contribution < 1.29 is 0 Å². The number of allylic oxidation sites excluding steroid dienone is 2. The van der Waals surface area contributed by atoms with E-state index in [0.717, 1.165) is 19.4 Å². The van der Waals surface area contributed by atoms with E-state index < -0.39 is 0 Å². The van der Waals surface area contributed by atoms with Crippen LogP contribution < -0.4 is 5.56 Å². The van der Waals surface area contributed by atoms with E-state index in [1.165, 1.54) is 6.33 Å². The van der Waals surface area contributed by atoms with Crippen LogP contribution in [0.4, 0.5) is 0 Å². The fraction of sp³-hybridized carbons (Fsp3) is 0.400. The van der Waals surface area contributed by atoms with Crippen LogP contribution in [0.15, 0.2) is 23.3 Å². The molecule has 0 amide bonds. The van der Waals surface area contributed by atoms with Gasteiger partial charge in [-0.2, -0.15) is 0 Å². The van der Waals surface area contributed by atoms with Crippen LogP contribution in [-0.4, -0.2) is 9.55 Å². The van der Waals surface area contributed by atoms with Crippen LogP contribution in [0.1, 0.15) is 12.8 Å². The first kappa shape index (κ1) is 11.1. The zero-order valence-corrected chi connectivity index (χ0v) is 10.9. The van der Waals surface area contributed by atoms with Crippen molar-refractivity contribution in [3.8, 4) is 0 Å². The Morgan fingerprint density at radius 3 is 2.87 bits per heavy atom. The third kappa shape index (κ3) is 2.42. The molecule has 1 aliphatic rings. The first-order chi connectivity index (χ1) is 7.18. The Morgan fingerprint density at radius 1 is 1.53 bits per heavy atom. The van der Waals surface area contributed by atoms with E-state index in [0.29, 0.717) is 14.6 Å². The van der Waals surface area contributed by atoms with E-state index in [4.69, 9.17) is 11.6 Å². The zero-order valence-electron chi connectivity index (χ0n) is 7.99. The van der Waals surface area contributed by atoms with Gasteiger partial charge in [-0.1, -0.05) is 23.8 Å². The van der Waals surface area contributed by atoms with Crippen LogP contribution in [0, 0.1) is 9.49 Å². The van der Waals surface area contributed by atoms with Gasteiger partial charge in [-0.3, -0.25) is 9.36 Å². The second kappa shape index (κ2) is 4.65. The second-order valence-corrected chi connectivity index (χ2v) is 5.05. The van der Waals surface area contributed by atoms with E-state index in [-0.39, 0.29) is 5.56 Å². The standard InChI is InChI=1S/C10H10ClIN2O/c11-9-8(12)10(15)14(6-13-9)5-7-3-1-2-4-7/h1-2,6-7H,3-5H2. The van der Waals surface area contributed by atoms with Gasteiger partial charge in [0.05, 0.1) is 6.33 Å². The molecule has 1 heterocycles. The van der Waals surface area contributed by atoms with Gasteiger partial charge in [0, 0.05) is 6.54 Å². The molecule has 5 heteroatoms. The largest absolute Gasteiger partial charge is 0.298 e. The summed E-state index contributed by atoms with van der Waals surface area (Å²) >= 11 is 7.70. The van der Waals surface area contributed by atoms with E-state index in [1.807, 2.05) is 22.6 Å². The van der Waals surface area contributed by atoms with E-state index in [2.05, 4.69) is 17.1 Å². The normalized spacial score (nSPS) is 16.1. The van der Waals surface area contributed by atoms with Crippen LogP contribution in [0.5, 0.6) is 0 Å². The maximum absolute atomic E-state index is 11.8. The highest BCUT2D eigenvalue weighted by Gasteiger charge is 2.13. The summed E-state index contributed by atoms with van der Waals surface area (Å²) in [5, 5.41) is 0.293. The first-order valence-corrected chi connectivity index (χ1v) is 6.19. The Balaban J connectivity index is 2.22. The number of rotatable bonds is 2. The topological polar surface area (TPSA) is 34.9 Å². The van der Waals surface area contributed by atoms with Crippen molar-refractivity contribution >= 4 is 34.2 Å². The molecule has 0 atom stereocenters. The van der Waals surface area contributed by atoms with Crippen LogP contribution >= 0.6 is 34.2 Å². The van der Waals surface area contributed by atoms with Gasteiger partial charge in [-0.05, 0) is 41.4 Å². The Bertz CT molecular complexity index is 447. The van der Waals surface area contributed by atoms with Gasteiger partial charge < -0.3 is 0 Å². The highest BCUT2D eigenvalue weighted by molar-refractivity contribution is 14.1. The number of nitrogens with zero attached hydrogens (tertiary/aromatic N) is 2. The number of halogens is 2. The summed E-state index contributed by atoms with van der Waals surface area (Å²) in [6.45, 7) is 0.728. The average Bonchev–Trinajstić information content (AvgIpc) is 2.72. The Hall–Kier alpha value is -0.360. The summed E-state index contributed by atoms with van der Waals surface area (Å²) in [7, 11) is 0. The lowest BCUT2D eigenvalue weighted by molar-refractivity contribution is 0.457. The molecule has 0 saturated carbocycles. The second-order valence-electron chi connectivity index (χ2n) is 3.62. The fourth-order valence-corrected chi connectivity index (χ4v) is 2.25. The summed E-state index contributed by atoms with van der Waals surface area (Å²) in [6.07, 6.45) is 7.94. The molecule has 0 saturated heterocycles. The molecule has 0 spiro atoms. The molecule has 0 unspecified atom stereocenters. The molecule has 1 aliphatic carbocycles. The van der Waals surface area contributed by atoms with Crippen molar-refractivity contribution in [1.29, 1.82) is 0 Å². The molecular formula is C10H10ClIN2O. The molecule has 1 aromatic rings. The minimum absolute atomic E-state index is 0.0394. The van der Waals surface area contributed by atoms with Crippen molar-refractivity contribution in [2.24, 2.45) is 5.92 Å². The molecule has 0 aromatic carbocycles. The third-order valence-corrected chi connectivity index (χ3v) is 4.08. The van der Waals surface area contributed by atoms with Gasteiger partial charge in [0.2, 0.25) is 0 Å². The monoisotopic (exact) mass is 336 g/mol. The predicted octanol–water partition coefficient (Wildman–Crippen LogP) is 2.47. The minimum Gasteiger partial charge on any atom is -0.298 e. The molecule has 80 valence electrons. The van der Waals surface area contributed by atoms with Gasteiger partial charge in [0.25, 0.3) is 5.56 Å². The number of aromatic nitrogens is 2. The Kier molecular flexibility index (Phi) is 3.45. The van der Waals surface area contributed by atoms with E-state index in [1.54, 1.807) is 4.57 Å². The molecule has 1 aromatic heterocycles. The maximum Gasteiger partial charge on any atom is 0.268 e. The summed E-state index contributed by atoms with van der Waals surface area (Å²) in [5.41, 5.74) is -0.0394. The minimum atomic E-state index is -0.0394. The molecule has 15 heavy (non-hydrogen) atoms. The fourth-order valence-electron chi connectivity index (χ4n) is 1.67. The van der Waals surface area contributed by atoms with Gasteiger partial charge in [-0.15, -0.1) is 0 Å². The maximum atomic E-state index is 11.8. The van der Waals surface area contributed by atoms with Gasteiger partial charge in [0.15, 0.2) is 0 Å². The van der Waals surface area contributed by atoms with Crippen molar-refractivity contribution in [3.63, 3.8) is 0 Å². The summed E-state index contributed by atoms with van der Waals surface area (Å²) in [6, 6.07) is 0. The van der Waals surface area contributed by atoms with Gasteiger partial charge in [-0.25, -0.2) is 4.98 Å². The van der Waals surface area contributed by atoms with Crippen molar-refractivity contribution in [2.45, 2.75) is 19.4 Å². The van der Waals surface area contributed by atoms with Crippen molar-refractivity contribution in [1.82, 2.24) is 9.55 Å². The van der Waals surface area contributed by atoms with Gasteiger partial charge in [0.1, 0.15) is 8.72 Å². The molecule has 2 rings (SSSR count). The highest BCUT2D eigenvalue weighted by Crippen LogP contribution is 2.19. The third-order valence-electron chi connectivity index (χ3n) is 2.50. The lowest BCUT2D eigenvalue weighted by Crippen LogP contribution is -2.25. The van der Waals surface area contributed by atoms with E-state index in [9.17, 15) is 4.79 Å². The summed E-state index contributed by atoms with van der Waals surface area (Å²) < 4.78 is 2.15. The SMILES string of the molecule is O=c1c(I)c(Cl)ncn1CC1CC=CC1. The highest BCUT2D eigenvalue weighted by atomic mass is 127. The van der Waals surface area contributed by atoms with Crippen molar-refractivity contribution in [2.75, 3.05) is 0 Å². The summed E-state index contributed by atoms with van der Waals surface area (Å²) in [5.74, 6) is 0.529. The smallest absolute Gasteiger partial charge is 0.268 e. The van der Waals surface area contributed by atoms with Crippen LogP contribution in [0.25, 0.3) is 0 Å². The predicted molar refractivity (Wildman–Crippen MR) is 68.1 cm³/mol. The Labute approximate surface area is 106 Å². The molecule has 0 bridgehead atoms. The molecule has 0 aliphatic heterocycles. The molecule has 3 nitrogen and oxygen atoms in total. The Morgan fingerprint density at radius 2 is 2.20 bits per heavy atom. The summed E-state index contributed by atoms with van der Waals surface area (Å²) in [4.78, 5) is 15.8. The van der Waals surface area contributed by atoms with E-state index >= 15 is 0 Å². The number of hydrogen-bond acceptors (Lipinski definition) is 2. The molecule has 0 radical (unpaired) electrons. The van der Waals surface area contributed by atoms with Crippen LogP contribution in [-0.2, 0) is 6.54 Å². The molecule has 0 N–H and O–H groups in total. The van der Waals surface area contributed by atoms with Crippen LogP contribution in [0.2, 0.25) is 5.15 Å². The zero-order chi connectivity index (χ0) is 10.8. The van der Waals surface area contributed by atoms with Crippen LogP contribution in [0.3, 0.4) is 0 Å². The molecular weight excluding hydrogens is 326 g/mol. The lowest BCUT2D eigenvalue weighted by atomic mass is 10.1. The number of hydrogen-bond donors (Lipinski definition) is 0. The average molecular weight is 337 g/mol. The van der Waals surface area contributed by atoms with Crippen molar-refractivity contribution in [3.05, 3.63) is 37.6 Å². The first-order valence-electron chi connectivity index (χ1n) is 4.74. The van der Waals surface area contributed by atoms with Gasteiger partial charge >= 0.3 is 0 Å².